The van der Waals surface area contributed by atoms with E-state index in [9.17, 15) is 9.59 Å². The van der Waals surface area contributed by atoms with Crippen molar-refractivity contribution in [2.75, 3.05) is 14.2 Å². The monoisotopic (exact) mass is 342 g/mol. The standard InChI is InChI=1S/C20H38O4/c1-4-18(20(22)24-3)16-14-12-10-8-6-5-7-9-11-13-15-17-19(21)23-2/h18H,4-17H2,1-3H3. The minimum absolute atomic E-state index is 0.0518. The van der Waals surface area contributed by atoms with E-state index in [2.05, 4.69) is 11.7 Å². The van der Waals surface area contributed by atoms with E-state index in [1.807, 2.05) is 0 Å². The van der Waals surface area contributed by atoms with Gasteiger partial charge in [-0.3, -0.25) is 9.59 Å². The van der Waals surface area contributed by atoms with Crippen molar-refractivity contribution in [2.24, 2.45) is 5.92 Å². The van der Waals surface area contributed by atoms with Crippen molar-refractivity contribution in [3.63, 3.8) is 0 Å². The Bertz CT molecular complexity index is 315. The third kappa shape index (κ3) is 13.4. The van der Waals surface area contributed by atoms with Gasteiger partial charge in [0.15, 0.2) is 0 Å². The van der Waals surface area contributed by atoms with E-state index in [4.69, 9.17) is 4.74 Å². The topological polar surface area (TPSA) is 52.6 Å². The van der Waals surface area contributed by atoms with Crippen LogP contribution in [0.25, 0.3) is 0 Å². The van der Waals surface area contributed by atoms with Gasteiger partial charge in [-0.15, -0.1) is 0 Å². The van der Waals surface area contributed by atoms with E-state index in [0.29, 0.717) is 6.42 Å². The number of carbonyl (C=O) groups is 2. The van der Waals surface area contributed by atoms with Crippen molar-refractivity contribution in [1.29, 1.82) is 0 Å². The molecule has 142 valence electrons. The second-order valence-corrected chi connectivity index (χ2v) is 6.63. The van der Waals surface area contributed by atoms with Crippen LogP contribution >= 0.6 is 0 Å². The molecule has 1 unspecified atom stereocenters. The molecule has 0 aliphatic carbocycles. The maximum Gasteiger partial charge on any atom is 0.308 e. The quantitative estimate of drug-likeness (QED) is 0.277. The van der Waals surface area contributed by atoms with Crippen molar-refractivity contribution in [2.45, 2.75) is 96.8 Å². The Hall–Kier alpha value is -1.06. The molecule has 0 bridgehead atoms. The van der Waals surface area contributed by atoms with E-state index in [1.54, 1.807) is 0 Å². The van der Waals surface area contributed by atoms with Gasteiger partial charge in [-0.25, -0.2) is 0 Å². The van der Waals surface area contributed by atoms with Crippen molar-refractivity contribution in [3.05, 3.63) is 0 Å². The number of unbranched alkanes of at least 4 members (excludes halogenated alkanes) is 10. The largest absolute Gasteiger partial charge is 0.469 e. The summed E-state index contributed by atoms with van der Waals surface area (Å²) >= 11 is 0. The molecule has 4 heteroatoms. The first-order valence-electron chi connectivity index (χ1n) is 9.80. The van der Waals surface area contributed by atoms with Gasteiger partial charge in [-0.2, -0.15) is 0 Å². The van der Waals surface area contributed by atoms with Crippen LogP contribution in [-0.4, -0.2) is 26.2 Å². The first-order chi connectivity index (χ1) is 11.7. The Morgan fingerprint density at radius 1 is 0.708 bits per heavy atom. The number of carbonyl (C=O) groups excluding carboxylic acids is 2. The Morgan fingerprint density at radius 2 is 1.17 bits per heavy atom. The van der Waals surface area contributed by atoms with Gasteiger partial charge in [0.2, 0.25) is 0 Å². The zero-order valence-electron chi connectivity index (χ0n) is 16.1. The fraction of sp³-hybridized carbons (Fsp3) is 0.900. The molecule has 0 rings (SSSR count). The zero-order valence-corrected chi connectivity index (χ0v) is 16.1. The fourth-order valence-corrected chi connectivity index (χ4v) is 3.01. The van der Waals surface area contributed by atoms with Crippen molar-refractivity contribution in [3.8, 4) is 0 Å². The van der Waals surface area contributed by atoms with Gasteiger partial charge < -0.3 is 9.47 Å². The van der Waals surface area contributed by atoms with Crippen LogP contribution in [0, 0.1) is 5.92 Å². The zero-order chi connectivity index (χ0) is 18.0. The summed E-state index contributed by atoms with van der Waals surface area (Å²) in [6, 6.07) is 0. The summed E-state index contributed by atoms with van der Waals surface area (Å²) in [6.07, 6.45) is 15.9. The highest BCUT2D eigenvalue weighted by molar-refractivity contribution is 5.72. The molecule has 4 nitrogen and oxygen atoms in total. The van der Waals surface area contributed by atoms with E-state index in [0.717, 1.165) is 32.1 Å². The highest BCUT2D eigenvalue weighted by Gasteiger charge is 2.15. The Morgan fingerprint density at radius 3 is 1.58 bits per heavy atom. The first-order valence-corrected chi connectivity index (χ1v) is 9.80. The van der Waals surface area contributed by atoms with Gasteiger partial charge in [-0.05, 0) is 19.3 Å². The van der Waals surface area contributed by atoms with Crippen LogP contribution in [0.4, 0.5) is 0 Å². The van der Waals surface area contributed by atoms with Gasteiger partial charge in [0.25, 0.3) is 0 Å². The molecular weight excluding hydrogens is 304 g/mol. The molecule has 0 aliphatic rings. The lowest BCUT2D eigenvalue weighted by Gasteiger charge is -2.11. The lowest BCUT2D eigenvalue weighted by molar-refractivity contribution is -0.146. The normalized spacial score (nSPS) is 12.0. The van der Waals surface area contributed by atoms with Crippen molar-refractivity contribution >= 4 is 11.9 Å². The number of ether oxygens (including phenoxy) is 2. The van der Waals surface area contributed by atoms with Crippen LogP contribution in [0.15, 0.2) is 0 Å². The Kier molecular flexibility index (Phi) is 16.0. The van der Waals surface area contributed by atoms with Crippen LogP contribution in [-0.2, 0) is 19.1 Å². The van der Waals surface area contributed by atoms with Crippen molar-refractivity contribution in [1.82, 2.24) is 0 Å². The Balaban J connectivity index is 3.25. The number of esters is 2. The average molecular weight is 343 g/mol. The highest BCUT2D eigenvalue weighted by atomic mass is 16.5. The van der Waals surface area contributed by atoms with Gasteiger partial charge in [-0.1, -0.05) is 71.1 Å². The molecule has 0 spiro atoms. The van der Waals surface area contributed by atoms with Crippen LogP contribution in [0.5, 0.6) is 0 Å². The van der Waals surface area contributed by atoms with Gasteiger partial charge in [0.1, 0.15) is 0 Å². The molecule has 0 fully saturated rings. The van der Waals surface area contributed by atoms with Crippen LogP contribution in [0.3, 0.4) is 0 Å². The van der Waals surface area contributed by atoms with Crippen molar-refractivity contribution < 1.29 is 19.1 Å². The first kappa shape index (κ1) is 22.9. The molecule has 0 radical (unpaired) electrons. The number of rotatable bonds is 16. The molecule has 0 aromatic carbocycles. The highest BCUT2D eigenvalue weighted by Crippen LogP contribution is 2.17. The second-order valence-electron chi connectivity index (χ2n) is 6.63. The minimum atomic E-state index is -0.0909. The average Bonchev–Trinajstić information content (AvgIpc) is 2.61. The maximum atomic E-state index is 11.5. The van der Waals surface area contributed by atoms with Gasteiger partial charge in [0.05, 0.1) is 20.1 Å². The smallest absolute Gasteiger partial charge is 0.308 e. The van der Waals surface area contributed by atoms with E-state index >= 15 is 0 Å². The predicted octanol–water partition coefficient (Wildman–Crippen LogP) is 5.43. The molecule has 0 N–H and O–H groups in total. The fourth-order valence-electron chi connectivity index (χ4n) is 3.01. The SMILES string of the molecule is CCC(CCCCCCCCCCCCCC(=O)OC)C(=O)OC. The van der Waals surface area contributed by atoms with Gasteiger partial charge >= 0.3 is 11.9 Å². The molecule has 0 heterocycles. The van der Waals surface area contributed by atoms with Gasteiger partial charge in [0, 0.05) is 6.42 Å². The number of hydrogen-bond donors (Lipinski definition) is 0. The number of hydrogen-bond acceptors (Lipinski definition) is 4. The van der Waals surface area contributed by atoms with Crippen LogP contribution in [0.1, 0.15) is 96.8 Å². The third-order valence-corrected chi connectivity index (χ3v) is 4.69. The molecular formula is C20H38O4. The molecule has 0 amide bonds. The molecule has 0 aromatic heterocycles. The molecule has 24 heavy (non-hydrogen) atoms. The summed E-state index contributed by atoms with van der Waals surface area (Å²) in [5.74, 6) is -0.0508. The summed E-state index contributed by atoms with van der Waals surface area (Å²) in [5.41, 5.74) is 0. The molecule has 0 aromatic rings. The third-order valence-electron chi connectivity index (χ3n) is 4.69. The summed E-state index contributed by atoms with van der Waals surface area (Å²) in [5, 5.41) is 0. The van der Waals surface area contributed by atoms with Crippen LogP contribution < -0.4 is 0 Å². The molecule has 0 saturated heterocycles. The lowest BCUT2D eigenvalue weighted by atomic mass is 9.98. The van der Waals surface area contributed by atoms with E-state index in [1.165, 1.54) is 65.6 Å². The summed E-state index contributed by atoms with van der Waals surface area (Å²) < 4.78 is 9.44. The molecule has 0 saturated carbocycles. The summed E-state index contributed by atoms with van der Waals surface area (Å²) in [4.78, 5) is 22.4. The molecule has 0 aliphatic heterocycles. The van der Waals surface area contributed by atoms with E-state index in [-0.39, 0.29) is 17.9 Å². The maximum absolute atomic E-state index is 11.5. The minimum Gasteiger partial charge on any atom is -0.469 e. The molecule has 1 atom stereocenters. The second kappa shape index (κ2) is 16.8. The Labute approximate surface area is 148 Å². The lowest BCUT2D eigenvalue weighted by Crippen LogP contribution is -2.15. The van der Waals surface area contributed by atoms with Crippen LogP contribution in [0.2, 0.25) is 0 Å². The summed E-state index contributed by atoms with van der Waals surface area (Å²) in [7, 11) is 2.92. The predicted molar refractivity (Wildman–Crippen MR) is 97.8 cm³/mol. The number of methoxy groups -OCH3 is 2. The van der Waals surface area contributed by atoms with E-state index < -0.39 is 0 Å². The summed E-state index contributed by atoms with van der Waals surface area (Å²) in [6.45, 7) is 2.05.